The summed E-state index contributed by atoms with van der Waals surface area (Å²) in [6.07, 6.45) is 6.30. The molecule has 1 aliphatic carbocycles. The number of nitrogens with zero attached hydrogens (tertiary/aromatic N) is 2. The van der Waals surface area contributed by atoms with E-state index < -0.39 is 5.97 Å². The van der Waals surface area contributed by atoms with Crippen LogP contribution in [0.4, 0.5) is 11.5 Å². The highest BCUT2D eigenvalue weighted by molar-refractivity contribution is 5.96. The number of carboxylic acids is 1. The Morgan fingerprint density at radius 1 is 1.47 bits per heavy atom. The van der Waals surface area contributed by atoms with E-state index >= 15 is 0 Å². The molecule has 1 aliphatic rings. The third-order valence-electron chi connectivity index (χ3n) is 4.10. The van der Waals surface area contributed by atoms with Crippen LogP contribution in [-0.2, 0) is 0 Å². The summed E-state index contributed by atoms with van der Waals surface area (Å²) in [6, 6.07) is 1.83. The minimum atomic E-state index is -1.01. The maximum Gasteiger partial charge on any atom is 0.337 e. The lowest BCUT2D eigenvalue weighted by Gasteiger charge is -2.37. The molecule has 0 aliphatic heterocycles. The molecule has 19 heavy (non-hydrogen) atoms. The lowest BCUT2D eigenvalue weighted by atomic mass is 9.85. The molecule has 2 rings (SSSR count). The third kappa shape index (κ3) is 2.64. The van der Waals surface area contributed by atoms with E-state index in [1.807, 2.05) is 11.9 Å². The molecule has 3 N–H and O–H groups in total. The number of aromatic carboxylic acids is 1. The second kappa shape index (κ2) is 5.47. The lowest BCUT2D eigenvalue weighted by Crippen LogP contribution is -2.40. The largest absolute Gasteiger partial charge is 0.478 e. The van der Waals surface area contributed by atoms with Crippen molar-refractivity contribution < 1.29 is 9.90 Å². The van der Waals surface area contributed by atoms with Gasteiger partial charge in [-0.15, -0.1) is 0 Å². The molecule has 1 fully saturated rings. The number of aromatic nitrogens is 1. The maximum absolute atomic E-state index is 11.1. The minimum absolute atomic E-state index is 0.125. The van der Waals surface area contributed by atoms with Gasteiger partial charge in [0, 0.05) is 19.3 Å². The summed E-state index contributed by atoms with van der Waals surface area (Å²) in [6.45, 7) is 2.23. The number of carboxylic acid groups (broad SMARTS) is 1. The Bertz CT molecular complexity index is 476. The average Bonchev–Trinajstić information content (AvgIpc) is 2.38. The molecule has 5 heteroatoms. The van der Waals surface area contributed by atoms with E-state index in [0.717, 1.165) is 6.42 Å². The summed E-state index contributed by atoms with van der Waals surface area (Å²) in [5.74, 6) is 0.151. The molecule has 1 aromatic rings. The Hall–Kier alpha value is -1.78. The predicted octanol–water partition coefficient (Wildman–Crippen LogP) is 2.38. The van der Waals surface area contributed by atoms with Crippen molar-refractivity contribution >= 4 is 17.5 Å². The molecule has 0 bridgehead atoms. The number of nitrogens with two attached hydrogens (primary N) is 1. The number of carbonyl (C=O) groups is 1. The van der Waals surface area contributed by atoms with Crippen LogP contribution in [0.1, 0.15) is 43.0 Å². The highest BCUT2D eigenvalue weighted by Gasteiger charge is 2.27. The highest BCUT2D eigenvalue weighted by atomic mass is 16.4. The Kier molecular flexibility index (Phi) is 3.93. The number of hydrogen-bond acceptors (Lipinski definition) is 4. The van der Waals surface area contributed by atoms with Crippen molar-refractivity contribution in [1.82, 2.24) is 4.98 Å². The van der Waals surface area contributed by atoms with Crippen molar-refractivity contribution in [1.29, 1.82) is 0 Å². The summed E-state index contributed by atoms with van der Waals surface area (Å²) >= 11 is 0. The minimum Gasteiger partial charge on any atom is -0.478 e. The van der Waals surface area contributed by atoms with Crippen LogP contribution < -0.4 is 10.6 Å². The third-order valence-corrected chi connectivity index (χ3v) is 4.10. The molecule has 0 radical (unpaired) electrons. The fraction of sp³-hybridized carbons (Fsp3) is 0.571. The Labute approximate surface area is 113 Å². The quantitative estimate of drug-likeness (QED) is 0.875. The van der Waals surface area contributed by atoms with Gasteiger partial charge in [0.15, 0.2) is 5.82 Å². The van der Waals surface area contributed by atoms with Crippen molar-refractivity contribution in [2.75, 3.05) is 17.7 Å². The van der Waals surface area contributed by atoms with Crippen molar-refractivity contribution in [3.8, 4) is 0 Å². The van der Waals surface area contributed by atoms with Crippen LogP contribution in [0, 0.1) is 5.92 Å². The second-order valence-corrected chi connectivity index (χ2v) is 5.34. The molecular weight excluding hydrogens is 242 g/mol. The van der Waals surface area contributed by atoms with Gasteiger partial charge in [0.05, 0.1) is 11.3 Å². The van der Waals surface area contributed by atoms with Gasteiger partial charge in [-0.1, -0.05) is 19.8 Å². The van der Waals surface area contributed by atoms with E-state index in [1.54, 1.807) is 0 Å². The Morgan fingerprint density at radius 3 is 2.79 bits per heavy atom. The van der Waals surface area contributed by atoms with E-state index in [2.05, 4.69) is 11.9 Å². The molecule has 2 atom stereocenters. The number of nitrogen functional groups attached to an aromatic ring is 1. The molecule has 0 saturated heterocycles. The first-order valence-electron chi connectivity index (χ1n) is 6.73. The van der Waals surface area contributed by atoms with Crippen LogP contribution in [0.2, 0.25) is 0 Å². The maximum atomic E-state index is 11.1. The molecule has 1 heterocycles. The van der Waals surface area contributed by atoms with Crippen LogP contribution in [-0.4, -0.2) is 29.1 Å². The summed E-state index contributed by atoms with van der Waals surface area (Å²) in [7, 11) is 1.96. The zero-order valence-corrected chi connectivity index (χ0v) is 11.5. The van der Waals surface area contributed by atoms with Gasteiger partial charge >= 0.3 is 5.97 Å². The summed E-state index contributed by atoms with van der Waals surface area (Å²) < 4.78 is 0. The van der Waals surface area contributed by atoms with Gasteiger partial charge < -0.3 is 15.7 Å². The molecule has 2 unspecified atom stereocenters. The zero-order chi connectivity index (χ0) is 14.0. The fourth-order valence-electron chi connectivity index (χ4n) is 2.96. The lowest BCUT2D eigenvalue weighted by molar-refractivity contribution is 0.0698. The molecule has 0 aromatic carbocycles. The number of anilines is 2. The van der Waals surface area contributed by atoms with E-state index in [4.69, 9.17) is 10.8 Å². The summed E-state index contributed by atoms with van der Waals surface area (Å²) in [5.41, 5.74) is 6.34. The molecule has 0 spiro atoms. The molecule has 5 nitrogen and oxygen atoms in total. The smallest absolute Gasteiger partial charge is 0.337 e. The predicted molar refractivity (Wildman–Crippen MR) is 75.4 cm³/mol. The van der Waals surface area contributed by atoms with E-state index in [-0.39, 0.29) is 11.3 Å². The van der Waals surface area contributed by atoms with Crippen LogP contribution in [0.5, 0.6) is 0 Å². The van der Waals surface area contributed by atoms with Crippen molar-refractivity contribution in [2.24, 2.45) is 5.92 Å². The van der Waals surface area contributed by atoms with Crippen LogP contribution in [0.3, 0.4) is 0 Å². The van der Waals surface area contributed by atoms with Gasteiger partial charge in [-0.2, -0.15) is 0 Å². The highest BCUT2D eigenvalue weighted by Crippen LogP contribution is 2.32. The van der Waals surface area contributed by atoms with Crippen molar-refractivity contribution in [3.63, 3.8) is 0 Å². The van der Waals surface area contributed by atoms with E-state index in [9.17, 15) is 4.79 Å². The van der Waals surface area contributed by atoms with Crippen LogP contribution in [0.25, 0.3) is 0 Å². The standard InChI is InChI=1S/C14H21N3O2/c1-9-5-3-4-6-11(9)17(2)13-12(15)10(14(18)19)7-8-16-13/h7-9,11H,3-6,15H2,1-2H3,(H,18,19). The molecule has 1 aromatic heterocycles. The van der Waals surface area contributed by atoms with Crippen LogP contribution >= 0.6 is 0 Å². The van der Waals surface area contributed by atoms with Gasteiger partial charge in [-0.25, -0.2) is 9.78 Å². The van der Waals surface area contributed by atoms with Gasteiger partial charge in [0.25, 0.3) is 0 Å². The molecular formula is C14H21N3O2. The average molecular weight is 263 g/mol. The number of rotatable bonds is 3. The van der Waals surface area contributed by atoms with Gasteiger partial charge in [-0.3, -0.25) is 0 Å². The molecule has 1 saturated carbocycles. The monoisotopic (exact) mass is 263 g/mol. The van der Waals surface area contributed by atoms with Gasteiger partial charge in [0.2, 0.25) is 0 Å². The first kappa shape index (κ1) is 13.6. The number of pyridine rings is 1. The second-order valence-electron chi connectivity index (χ2n) is 5.34. The Balaban J connectivity index is 2.30. The van der Waals surface area contributed by atoms with Gasteiger partial charge in [0.1, 0.15) is 0 Å². The summed E-state index contributed by atoms with van der Waals surface area (Å²) in [4.78, 5) is 17.4. The first-order chi connectivity index (χ1) is 9.02. The van der Waals surface area contributed by atoms with Crippen molar-refractivity contribution in [2.45, 2.75) is 38.6 Å². The SMILES string of the molecule is CC1CCCCC1N(C)c1nccc(C(=O)O)c1N. The normalized spacial score (nSPS) is 23.1. The zero-order valence-electron chi connectivity index (χ0n) is 11.5. The molecule has 104 valence electrons. The van der Waals surface area contributed by atoms with Crippen molar-refractivity contribution in [3.05, 3.63) is 17.8 Å². The number of hydrogen-bond donors (Lipinski definition) is 2. The Morgan fingerprint density at radius 2 is 2.16 bits per heavy atom. The van der Waals surface area contributed by atoms with E-state index in [0.29, 0.717) is 17.8 Å². The topological polar surface area (TPSA) is 79.5 Å². The molecule has 0 amide bonds. The fourth-order valence-corrected chi connectivity index (χ4v) is 2.96. The van der Waals surface area contributed by atoms with E-state index in [1.165, 1.54) is 31.5 Å². The van der Waals surface area contributed by atoms with Crippen LogP contribution in [0.15, 0.2) is 12.3 Å². The van der Waals surface area contributed by atoms with Gasteiger partial charge in [-0.05, 0) is 24.8 Å². The first-order valence-corrected chi connectivity index (χ1v) is 6.73. The summed E-state index contributed by atoms with van der Waals surface area (Å²) in [5, 5.41) is 9.11.